The van der Waals surface area contributed by atoms with Crippen LogP contribution in [0.15, 0.2) is 23.2 Å². The van der Waals surface area contributed by atoms with Gasteiger partial charge in [0.15, 0.2) is 14.9 Å². The number of rotatable bonds is 5. The van der Waals surface area contributed by atoms with Crippen LogP contribution in [-0.2, 0) is 14.6 Å². The SMILES string of the molecule is Cc1[nH]c(C(OC2CCC(C)CC2)c2ccc(F)c(Cl)c2)nc1S(C)(=O)=O. The summed E-state index contributed by atoms with van der Waals surface area (Å²) in [6.07, 6.45) is 4.50. The Hall–Kier alpha value is -1.44. The number of nitrogens with one attached hydrogen (secondary N) is 1. The molecule has 0 saturated heterocycles. The highest BCUT2D eigenvalue weighted by Crippen LogP contribution is 2.34. The number of hydrogen-bond acceptors (Lipinski definition) is 4. The van der Waals surface area contributed by atoms with Crippen LogP contribution in [0.4, 0.5) is 4.39 Å². The van der Waals surface area contributed by atoms with Gasteiger partial charge in [0.1, 0.15) is 17.7 Å². The number of H-pyrrole nitrogens is 1. The van der Waals surface area contributed by atoms with Crippen LogP contribution in [0, 0.1) is 18.7 Å². The molecule has 0 aliphatic heterocycles. The van der Waals surface area contributed by atoms with Gasteiger partial charge in [0.05, 0.1) is 16.8 Å². The molecule has 0 amide bonds. The predicted octanol–water partition coefficient (Wildman–Crippen LogP) is 4.60. The fourth-order valence-electron chi connectivity index (χ4n) is 3.49. The third-order valence-corrected chi connectivity index (χ3v) is 6.39. The van der Waals surface area contributed by atoms with Crippen LogP contribution < -0.4 is 0 Å². The predicted molar refractivity (Wildman–Crippen MR) is 102 cm³/mol. The number of hydrogen-bond donors (Lipinski definition) is 1. The first kappa shape index (κ1) is 20.3. The van der Waals surface area contributed by atoms with Crippen molar-refractivity contribution < 1.29 is 17.5 Å². The largest absolute Gasteiger partial charge is 0.362 e. The lowest BCUT2D eigenvalue weighted by Gasteiger charge is -2.29. The Morgan fingerprint density at radius 3 is 2.52 bits per heavy atom. The first-order valence-corrected chi connectivity index (χ1v) is 11.3. The Morgan fingerprint density at radius 1 is 1.30 bits per heavy atom. The summed E-state index contributed by atoms with van der Waals surface area (Å²) in [5.41, 5.74) is 1.08. The highest BCUT2D eigenvalue weighted by molar-refractivity contribution is 7.90. The number of ether oxygens (including phenoxy) is 1. The Labute approximate surface area is 164 Å². The number of imidazole rings is 1. The summed E-state index contributed by atoms with van der Waals surface area (Å²) < 4.78 is 43.8. The molecule has 1 aliphatic carbocycles. The highest BCUT2D eigenvalue weighted by atomic mass is 35.5. The molecule has 0 spiro atoms. The van der Waals surface area contributed by atoms with E-state index in [1.165, 1.54) is 12.1 Å². The van der Waals surface area contributed by atoms with Crippen molar-refractivity contribution in [3.05, 3.63) is 46.1 Å². The van der Waals surface area contributed by atoms with E-state index in [1.54, 1.807) is 13.0 Å². The van der Waals surface area contributed by atoms with Gasteiger partial charge in [-0.15, -0.1) is 0 Å². The molecule has 8 heteroatoms. The number of aromatic amines is 1. The van der Waals surface area contributed by atoms with Gasteiger partial charge in [0.25, 0.3) is 0 Å². The molecule has 27 heavy (non-hydrogen) atoms. The lowest BCUT2D eigenvalue weighted by molar-refractivity contribution is -0.0218. The normalized spacial score (nSPS) is 22.0. The van der Waals surface area contributed by atoms with Gasteiger partial charge >= 0.3 is 0 Å². The molecule has 1 N–H and O–H groups in total. The molecule has 0 bridgehead atoms. The molecule has 1 atom stereocenters. The van der Waals surface area contributed by atoms with Crippen LogP contribution in [0.3, 0.4) is 0 Å². The Morgan fingerprint density at radius 2 is 1.96 bits per heavy atom. The summed E-state index contributed by atoms with van der Waals surface area (Å²) in [6, 6.07) is 4.38. The van der Waals surface area contributed by atoms with Crippen LogP contribution >= 0.6 is 11.6 Å². The molecule has 0 radical (unpaired) electrons. The lowest BCUT2D eigenvalue weighted by Crippen LogP contribution is -2.24. The fourth-order valence-corrected chi connectivity index (χ4v) is 4.55. The number of sulfone groups is 1. The van der Waals surface area contributed by atoms with E-state index in [9.17, 15) is 12.8 Å². The number of benzene rings is 1. The fraction of sp³-hybridized carbons (Fsp3) is 0.526. The summed E-state index contributed by atoms with van der Waals surface area (Å²) in [5.74, 6) is 0.540. The van der Waals surface area contributed by atoms with Gasteiger partial charge in [0, 0.05) is 6.26 Å². The third-order valence-electron chi connectivity index (χ3n) is 5.00. The van der Waals surface area contributed by atoms with E-state index in [0.29, 0.717) is 23.0 Å². The van der Waals surface area contributed by atoms with Crippen LogP contribution in [0.25, 0.3) is 0 Å². The topological polar surface area (TPSA) is 72.0 Å². The Kier molecular flexibility index (Phi) is 5.93. The van der Waals surface area contributed by atoms with Crippen molar-refractivity contribution in [1.29, 1.82) is 0 Å². The van der Waals surface area contributed by atoms with Crippen LogP contribution in [0.5, 0.6) is 0 Å². The summed E-state index contributed by atoms with van der Waals surface area (Å²) in [5, 5.41) is -0.0124. The van der Waals surface area contributed by atoms with Gasteiger partial charge in [-0.1, -0.05) is 24.6 Å². The first-order valence-electron chi connectivity index (χ1n) is 9.02. The summed E-state index contributed by atoms with van der Waals surface area (Å²) in [6.45, 7) is 3.88. The number of nitrogens with zero attached hydrogens (tertiary/aromatic N) is 1. The summed E-state index contributed by atoms with van der Waals surface area (Å²) in [7, 11) is -3.47. The van der Waals surface area contributed by atoms with Gasteiger partial charge in [0.2, 0.25) is 0 Å². The number of aromatic nitrogens is 2. The van der Waals surface area contributed by atoms with E-state index >= 15 is 0 Å². The second-order valence-electron chi connectivity index (χ2n) is 7.40. The first-order chi connectivity index (χ1) is 12.6. The minimum Gasteiger partial charge on any atom is -0.362 e. The average Bonchev–Trinajstić information content (AvgIpc) is 2.99. The molecule has 1 fully saturated rings. The molecule has 2 aromatic rings. The minimum absolute atomic E-state index is 0.00317. The second-order valence-corrected chi connectivity index (χ2v) is 9.73. The molecule has 1 aromatic carbocycles. The van der Waals surface area contributed by atoms with Gasteiger partial charge in [-0.05, 0) is 56.2 Å². The molecule has 1 aliphatic rings. The zero-order valence-corrected chi connectivity index (χ0v) is 17.2. The van der Waals surface area contributed by atoms with Crippen molar-refractivity contribution in [2.24, 2.45) is 5.92 Å². The number of halogens is 2. The van der Waals surface area contributed by atoms with Crippen molar-refractivity contribution in [1.82, 2.24) is 9.97 Å². The smallest absolute Gasteiger partial charge is 0.194 e. The van der Waals surface area contributed by atoms with Crippen molar-refractivity contribution in [2.45, 2.75) is 56.8 Å². The highest BCUT2D eigenvalue weighted by Gasteiger charge is 2.28. The van der Waals surface area contributed by atoms with Gasteiger partial charge in [-0.25, -0.2) is 17.8 Å². The maximum atomic E-state index is 13.6. The van der Waals surface area contributed by atoms with Gasteiger partial charge in [-0.3, -0.25) is 0 Å². The van der Waals surface area contributed by atoms with E-state index in [2.05, 4.69) is 16.9 Å². The quantitative estimate of drug-likeness (QED) is 0.776. The maximum Gasteiger partial charge on any atom is 0.194 e. The molecule has 148 valence electrons. The molecule has 5 nitrogen and oxygen atoms in total. The molecular formula is C19H24ClFN2O3S. The third kappa shape index (κ3) is 4.70. The standard InChI is InChI=1S/C19H24ClFN2O3S/c1-11-4-7-14(8-5-11)26-17(13-6-9-16(21)15(20)10-13)18-22-12(2)19(23-18)27(3,24)25/h6,9-11,14,17H,4-5,7-8H2,1-3H3,(H,22,23). The van der Waals surface area contributed by atoms with E-state index in [0.717, 1.165) is 31.9 Å². The van der Waals surface area contributed by atoms with Crippen molar-refractivity contribution in [3.63, 3.8) is 0 Å². The number of aryl methyl sites for hydroxylation is 1. The van der Waals surface area contributed by atoms with E-state index in [1.807, 2.05) is 0 Å². The maximum absolute atomic E-state index is 13.6. The molecule has 1 aromatic heterocycles. The van der Waals surface area contributed by atoms with Crippen molar-refractivity contribution in [3.8, 4) is 0 Å². The average molecular weight is 415 g/mol. The molecule has 1 unspecified atom stereocenters. The zero-order valence-electron chi connectivity index (χ0n) is 15.6. The van der Waals surface area contributed by atoms with Crippen LogP contribution in [0.1, 0.15) is 55.8 Å². The molecular weight excluding hydrogens is 391 g/mol. The van der Waals surface area contributed by atoms with Crippen LogP contribution in [0.2, 0.25) is 5.02 Å². The van der Waals surface area contributed by atoms with Crippen molar-refractivity contribution >= 4 is 21.4 Å². The Balaban J connectivity index is 1.98. The van der Waals surface area contributed by atoms with Gasteiger partial charge < -0.3 is 9.72 Å². The van der Waals surface area contributed by atoms with E-state index in [4.69, 9.17) is 16.3 Å². The lowest BCUT2D eigenvalue weighted by atomic mass is 9.89. The summed E-state index contributed by atoms with van der Waals surface area (Å²) >= 11 is 5.96. The van der Waals surface area contributed by atoms with Crippen LogP contribution in [-0.4, -0.2) is 30.7 Å². The second kappa shape index (κ2) is 7.89. The van der Waals surface area contributed by atoms with E-state index < -0.39 is 21.8 Å². The summed E-state index contributed by atoms with van der Waals surface area (Å²) in [4.78, 5) is 7.32. The monoisotopic (exact) mass is 414 g/mol. The molecule has 1 heterocycles. The Bertz CT molecular complexity index is 921. The minimum atomic E-state index is -3.47. The molecule has 1 saturated carbocycles. The molecule has 3 rings (SSSR count). The zero-order chi connectivity index (χ0) is 19.8. The van der Waals surface area contributed by atoms with Crippen molar-refractivity contribution in [2.75, 3.05) is 6.26 Å². The van der Waals surface area contributed by atoms with E-state index in [-0.39, 0.29) is 16.2 Å². The van der Waals surface area contributed by atoms with Gasteiger partial charge in [-0.2, -0.15) is 0 Å².